The highest BCUT2D eigenvalue weighted by Gasteiger charge is 2.25. The molecule has 30 heavy (non-hydrogen) atoms. The first-order valence-corrected chi connectivity index (χ1v) is 11.0. The van der Waals surface area contributed by atoms with Crippen LogP contribution in [0.5, 0.6) is 5.75 Å². The molecule has 6 heteroatoms. The van der Waals surface area contributed by atoms with Crippen LogP contribution in [0.2, 0.25) is 0 Å². The van der Waals surface area contributed by atoms with Crippen LogP contribution in [0.25, 0.3) is 0 Å². The first-order chi connectivity index (χ1) is 14.7. The van der Waals surface area contributed by atoms with Gasteiger partial charge in [-0.05, 0) is 29.6 Å². The van der Waals surface area contributed by atoms with Gasteiger partial charge in [0.25, 0.3) is 5.91 Å². The number of amides is 1. The summed E-state index contributed by atoms with van der Waals surface area (Å²) < 4.78 is 5.77. The summed E-state index contributed by atoms with van der Waals surface area (Å²) in [5.41, 5.74) is 0.959. The van der Waals surface area contributed by atoms with E-state index in [1.807, 2.05) is 58.8 Å². The van der Waals surface area contributed by atoms with Gasteiger partial charge < -0.3 is 9.64 Å². The van der Waals surface area contributed by atoms with Crippen molar-refractivity contribution < 1.29 is 14.3 Å². The lowest BCUT2D eigenvalue weighted by Gasteiger charge is -2.34. The van der Waals surface area contributed by atoms with Crippen molar-refractivity contribution in [1.82, 2.24) is 9.80 Å². The van der Waals surface area contributed by atoms with Gasteiger partial charge in [0.15, 0.2) is 0 Å². The molecule has 154 valence electrons. The van der Waals surface area contributed by atoms with Gasteiger partial charge in [-0.2, -0.15) is 0 Å². The first kappa shape index (κ1) is 20.3. The number of ketones is 1. The molecule has 2 aromatic carbocycles. The third-order valence-electron chi connectivity index (χ3n) is 5.23. The lowest BCUT2D eigenvalue weighted by Crippen LogP contribution is -2.49. The molecule has 1 aliphatic rings. The second-order valence-corrected chi connectivity index (χ2v) is 8.10. The lowest BCUT2D eigenvalue weighted by atomic mass is 10.0. The number of benzene rings is 2. The fraction of sp³-hybridized carbons (Fsp3) is 0.250. The molecule has 0 N–H and O–H groups in total. The molecular formula is C24H24N2O3S. The summed E-state index contributed by atoms with van der Waals surface area (Å²) in [4.78, 5) is 30.7. The quantitative estimate of drug-likeness (QED) is 0.546. The average molecular weight is 421 g/mol. The Balaban J connectivity index is 1.33. The van der Waals surface area contributed by atoms with Gasteiger partial charge in [-0.25, -0.2) is 0 Å². The van der Waals surface area contributed by atoms with Crippen molar-refractivity contribution in [3.8, 4) is 5.75 Å². The Kier molecular flexibility index (Phi) is 6.57. The molecule has 1 aromatic heterocycles. The van der Waals surface area contributed by atoms with Crippen LogP contribution in [0.1, 0.15) is 25.6 Å². The summed E-state index contributed by atoms with van der Waals surface area (Å²) in [5.74, 6) is 0.708. The van der Waals surface area contributed by atoms with Crippen molar-refractivity contribution in [2.75, 3.05) is 39.3 Å². The van der Waals surface area contributed by atoms with Crippen molar-refractivity contribution in [2.24, 2.45) is 0 Å². The summed E-state index contributed by atoms with van der Waals surface area (Å²) in [7, 11) is 0. The summed E-state index contributed by atoms with van der Waals surface area (Å²) in [6, 6.07) is 20.6. The SMILES string of the molecule is O=C(c1cccs1)c1ccccc1C(=O)N1CCN(CCOc2ccccc2)CC1. The molecular weight excluding hydrogens is 396 g/mol. The van der Waals surface area contributed by atoms with Crippen molar-refractivity contribution in [3.63, 3.8) is 0 Å². The molecule has 1 saturated heterocycles. The molecule has 3 aromatic rings. The van der Waals surface area contributed by atoms with Gasteiger partial charge >= 0.3 is 0 Å². The summed E-state index contributed by atoms with van der Waals surface area (Å²) >= 11 is 1.40. The Morgan fingerprint density at radius 3 is 2.23 bits per heavy atom. The van der Waals surface area contributed by atoms with E-state index in [0.29, 0.717) is 35.7 Å². The summed E-state index contributed by atoms with van der Waals surface area (Å²) in [6.07, 6.45) is 0. The first-order valence-electron chi connectivity index (χ1n) is 10.1. The van der Waals surface area contributed by atoms with E-state index in [-0.39, 0.29) is 11.7 Å². The zero-order chi connectivity index (χ0) is 20.8. The number of para-hydroxylation sites is 1. The maximum atomic E-state index is 13.1. The van der Waals surface area contributed by atoms with Crippen LogP contribution in [0.3, 0.4) is 0 Å². The van der Waals surface area contributed by atoms with E-state index >= 15 is 0 Å². The second kappa shape index (κ2) is 9.69. The highest BCUT2D eigenvalue weighted by molar-refractivity contribution is 7.12. The number of piperazine rings is 1. The number of hydrogen-bond acceptors (Lipinski definition) is 5. The van der Waals surface area contributed by atoms with Crippen LogP contribution >= 0.6 is 11.3 Å². The molecule has 1 aliphatic heterocycles. The Morgan fingerprint density at radius 1 is 0.833 bits per heavy atom. The predicted molar refractivity (Wildman–Crippen MR) is 118 cm³/mol. The molecule has 4 rings (SSSR count). The molecule has 0 aliphatic carbocycles. The average Bonchev–Trinajstić information content (AvgIpc) is 3.34. The van der Waals surface area contributed by atoms with Crippen LogP contribution in [-0.2, 0) is 0 Å². The van der Waals surface area contributed by atoms with Gasteiger partial charge in [0.2, 0.25) is 5.78 Å². The standard InChI is InChI=1S/C24H24N2O3S/c27-23(22-11-6-18-30-22)20-9-4-5-10-21(20)24(28)26-14-12-25(13-15-26)16-17-29-19-7-2-1-3-8-19/h1-11,18H,12-17H2. The molecule has 0 saturated carbocycles. The zero-order valence-corrected chi connectivity index (χ0v) is 17.5. The Labute approximate surface area is 180 Å². The van der Waals surface area contributed by atoms with Crippen molar-refractivity contribution in [3.05, 3.63) is 88.1 Å². The predicted octanol–water partition coefficient (Wildman–Crippen LogP) is 3.82. The van der Waals surface area contributed by atoms with Gasteiger partial charge in [0.05, 0.1) is 10.4 Å². The number of thiophene rings is 1. The minimum atomic E-state index is -0.0920. The fourth-order valence-electron chi connectivity index (χ4n) is 3.56. The smallest absolute Gasteiger partial charge is 0.254 e. The number of hydrogen-bond donors (Lipinski definition) is 0. The third kappa shape index (κ3) is 4.78. The van der Waals surface area contributed by atoms with Crippen LogP contribution < -0.4 is 4.74 Å². The molecule has 2 heterocycles. The molecule has 0 spiro atoms. The van der Waals surface area contributed by atoms with Crippen molar-refractivity contribution >= 4 is 23.0 Å². The molecule has 1 fully saturated rings. The van der Waals surface area contributed by atoms with Crippen molar-refractivity contribution in [2.45, 2.75) is 0 Å². The number of ether oxygens (including phenoxy) is 1. The van der Waals surface area contributed by atoms with Crippen LogP contribution in [-0.4, -0.2) is 60.8 Å². The maximum Gasteiger partial charge on any atom is 0.254 e. The molecule has 0 bridgehead atoms. The van der Waals surface area contributed by atoms with Gasteiger partial charge in [0, 0.05) is 38.3 Å². The molecule has 5 nitrogen and oxygen atoms in total. The largest absolute Gasteiger partial charge is 0.492 e. The molecule has 0 unspecified atom stereocenters. The van der Waals surface area contributed by atoms with Gasteiger partial charge in [-0.1, -0.05) is 42.5 Å². The van der Waals surface area contributed by atoms with Gasteiger partial charge in [-0.15, -0.1) is 11.3 Å². The van der Waals surface area contributed by atoms with E-state index in [2.05, 4.69) is 4.90 Å². The van der Waals surface area contributed by atoms with Gasteiger partial charge in [-0.3, -0.25) is 14.5 Å². The summed E-state index contributed by atoms with van der Waals surface area (Å²) in [5, 5.41) is 1.87. The number of carbonyl (C=O) groups excluding carboxylic acids is 2. The molecule has 1 amide bonds. The summed E-state index contributed by atoms with van der Waals surface area (Å²) in [6.45, 7) is 4.33. The van der Waals surface area contributed by atoms with Crippen LogP contribution in [0.15, 0.2) is 72.1 Å². The van der Waals surface area contributed by atoms with E-state index < -0.39 is 0 Å². The fourth-order valence-corrected chi connectivity index (χ4v) is 4.24. The second-order valence-electron chi connectivity index (χ2n) is 7.15. The van der Waals surface area contributed by atoms with E-state index in [4.69, 9.17) is 4.74 Å². The van der Waals surface area contributed by atoms with Crippen molar-refractivity contribution in [1.29, 1.82) is 0 Å². The Hall–Kier alpha value is -2.96. The highest BCUT2D eigenvalue weighted by atomic mass is 32.1. The Morgan fingerprint density at radius 2 is 1.53 bits per heavy atom. The maximum absolute atomic E-state index is 13.1. The van der Waals surface area contributed by atoms with E-state index in [0.717, 1.165) is 25.4 Å². The van der Waals surface area contributed by atoms with Crippen LogP contribution in [0.4, 0.5) is 0 Å². The molecule has 0 radical (unpaired) electrons. The topological polar surface area (TPSA) is 49.9 Å². The van der Waals surface area contributed by atoms with E-state index in [1.165, 1.54) is 11.3 Å². The number of rotatable bonds is 7. The number of carbonyl (C=O) groups is 2. The Bertz CT molecular complexity index is 981. The molecule has 0 atom stereocenters. The highest BCUT2D eigenvalue weighted by Crippen LogP contribution is 2.20. The monoisotopic (exact) mass is 420 g/mol. The number of nitrogens with zero attached hydrogens (tertiary/aromatic N) is 2. The normalized spacial score (nSPS) is 14.5. The van der Waals surface area contributed by atoms with E-state index in [9.17, 15) is 9.59 Å². The minimum absolute atomic E-state index is 0.0734. The van der Waals surface area contributed by atoms with Crippen LogP contribution in [0, 0.1) is 0 Å². The van der Waals surface area contributed by atoms with Gasteiger partial charge in [0.1, 0.15) is 12.4 Å². The van der Waals surface area contributed by atoms with E-state index in [1.54, 1.807) is 18.2 Å². The zero-order valence-electron chi connectivity index (χ0n) is 16.7. The third-order valence-corrected chi connectivity index (χ3v) is 6.09. The minimum Gasteiger partial charge on any atom is -0.492 e. The lowest BCUT2D eigenvalue weighted by molar-refractivity contribution is 0.0617.